The molecular weight excluding hydrogens is 236 g/mol. The first-order valence-electron chi connectivity index (χ1n) is 5.44. The highest BCUT2D eigenvalue weighted by Gasteiger charge is 2.09. The van der Waals surface area contributed by atoms with Gasteiger partial charge in [0, 0.05) is 7.05 Å². The number of thiophene rings is 1. The van der Waals surface area contributed by atoms with Gasteiger partial charge in [-0.25, -0.2) is 0 Å². The molecule has 2 aromatic rings. The van der Waals surface area contributed by atoms with Gasteiger partial charge < -0.3 is 10.1 Å². The highest BCUT2D eigenvalue weighted by molar-refractivity contribution is 7.13. The predicted octanol–water partition coefficient (Wildman–Crippen LogP) is 2.43. The lowest BCUT2D eigenvalue weighted by atomic mass is 10.4. The molecule has 2 rings (SSSR count). The maximum absolute atomic E-state index is 5.44. The fraction of sp³-hybridized carbons (Fsp3) is 0.364. The first-order valence-corrected chi connectivity index (χ1v) is 6.32. The van der Waals surface area contributed by atoms with Gasteiger partial charge in [-0.2, -0.15) is 15.0 Å². The van der Waals surface area contributed by atoms with Crippen LogP contribution in [0.3, 0.4) is 0 Å². The van der Waals surface area contributed by atoms with E-state index >= 15 is 0 Å². The highest BCUT2D eigenvalue weighted by Crippen LogP contribution is 2.23. The van der Waals surface area contributed by atoms with E-state index in [0.29, 0.717) is 24.4 Å². The van der Waals surface area contributed by atoms with Gasteiger partial charge in [0.25, 0.3) is 0 Å². The van der Waals surface area contributed by atoms with Crippen LogP contribution < -0.4 is 10.1 Å². The van der Waals surface area contributed by atoms with E-state index in [4.69, 9.17) is 4.74 Å². The second-order valence-corrected chi connectivity index (χ2v) is 4.29. The maximum Gasteiger partial charge on any atom is 0.321 e. The Labute approximate surface area is 104 Å². The molecule has 0 spiro atoms. The zero-order chi connectivity index (χ0) is 12.1. The maximum atomic E-state index is 5.44. The van der Waals surface area contributed by atoms with E-state index in [1.165, 1.54) is 0 Å². The van der Waals surface area contributed by atoms with Crippen molar-refractivity contribution in [1.82, 2.24) is 15.0 Å². The molecule has 6 heteroatoms. The highest BCUT2D eigenvalue weighted by atomic mass is 32.1. The molecule has 17 heavy (non-hydrogen) atoms. The molecule has 0 aliphatic heterocycles. The molecule has 0 saturated carbocycles. The number of aromatic nitrogens is 3. The van der Waals surface area contributed by atoms with Gasteiger partial charge in [0.15, 0.2) is 5.82 Å². The van der Waals surface area contributed by atoms with Crippen LogP contribution in [0.2, 0.25) is 0 Å². The molecule has 0 aromatic carbocycles. The average Bonchev–Trinajstić information content (AvgIpc) is 2.89. The lowest BCUT2D eigenvalue weighted by Gasteiger charge is -2.06. The van der Waals surface area contributed by atoms with Gasteiger partial charge in [-0.1, -0.05) is 13.0 Å². The number of ether oxygens (including phenoxy) is 1. The standard InChI is InChI=1S/C11H14N4OS/c1-3-6-16-11-14-9(8-5-4-7-17-8)13-10(12-2)15-11/h4-5,7H,3,6H2,1-2H3,(H,12,13,14,15). The van der Waals surface area contributed by atoms with Crippen molar-refractivity contribution in [3.63, 3.8) is 0 Å². The number of nitrogens with zero attached hydrogens (tertiary/aromatic N) is 3. The Balaban J connectivity index is 2.32. The van der Waals surface area contributed by atoms with Crippen LogP contribution in [-0.4, -0.2) is 28.6 Å². The van der Waals surface area contributed by atoms with Gasteiger partial charge >= 0.3 is 6.01 Å². The Morgan fingerprint density at radius 2 is 2.24 bits per heavy atom. The van der Waals surface area contributed by atoms with E-state index in [1.807, 2.05) is 24.4 Å². The largest absolute Gasteiger partial charge is 0.463 e. The molecule has 90 valence electrons. The number of hydrogen-bond donors (Lipinski definition) is 1. The van der Waals surface area contributed by atoms with E-state index in [9.17, 15) is 0 Å². The summed E-state index contributed by atoms with van der Waals surface area (Å²) in [6.45, 7) is 2.65. The van der Waals surface area contributed by atoms with Crippen LogP contribution in [0, 0.1) is 0 Å². The Bertz CT molecular complexity index is 472. The fourth-order valence-corrected chi connectivity index (χ4v) is 1.90. The van der Waals surface area contributed by atoms with Crippen LogP contribution in [0.4, 0.5) is 5.95 Å². The minimum atomic E-state index is 0.370. The van der Waals surface area contributed by atoms with E-state index in [2.05, 4.69) is 20.3 Å². The Kier molecular flexibility index (Phi) is 3.87. The Morgan fingerprint density at radius 1 is 1.35 bits per heavy atom. The van der Waals surface area contributed by atoms with Gasteiger partial charge in [0.2, 0.25) is 5.95 Å². The predicted molar refractivity (Wildman–Crippen MR) is 68.5 cm³/mol. The lowest BCUT2D eigenvalue weighted by molar-refractivity contribution is 0.292. The van der Waals surface area contributed by atoms with E-state index in [0.717, 1.165) is 11.3 Å². The van der Waals surface area contributed by atoms with Crippen LogP contribution >= 0.6 is 11.3 Å². The summed E-state index contributed by atoms with van der Waals surface area (Å²) < 4.78 is 5.44. The first-order chi connectivity index (χ1) is 8.33. The van der Waals surface area contributed by atoms with Gasteiger partial charge in [-0.3, -0.25) is 0 Å². The number of anilines is 1. The first kappa shape index (κ1) is 11.8. The number of rotatable bonds is 5. The monoisotopic (exact) mass is 250 g/mol. The van der Waals surface area contributed by atoms with Crippen molar-refractivity contribution >= 4 is 17.3 Å². The summed E-state index contributed by atoms with van der Waals surface area (Å²) in [4.78, 5) is 13.7. The van der Waals surface area contributed by atoms with Crippen LogP contribution in [0.1, 0.15) is 13.3 Å². The Hall–Kier alpha value is -1.69. The number of hydrogen-bond acceptors (Lipinski definition) is 6. The summed E-state index contributed by atoms with van der Waals surface area (Å²) in [6, 6.07) is 4.31. The lowest BCUT2D eigenvalue weighted by Crippen LogP contribution is -2.05. The van der Waals surface area contributed by atoms with Gasteiger partial charge in [-0.05, 0) is 17.9 Å². The third kappa shape index (κ3) is 2.91. The van der Waals surface area contributed by atoms with Crippen molar-refractivity contribution in [3.05, 3.63) is 17.5 Å². The molecule has 0 radical (unpaired) electrons. The van der Waals surface area contributed by atoms with Crippen molar-refractivity contribution in [2.75, 3.05) is 19.0 Å². The van der Waals surface area contributed by atoms with Gasteiger partial charge in [0.05, 0.1) is 11.5 Å². The molecule has 1 N–H and O–H groups in total. The molecule has 5 nitrogen and oxygen atoms in total. The van der Waals surface area contributed by atoms with E-state index < -0.39 is 0 Å². The molecule has 0 amide bonds. The molecule has 0 aliphatic rings. The van der Waals surface area contributed by atoms with Gasteiger partial charge in [-0.15, -0.1) is 11.3 Å². The fourth-order valence-electron chi connectivity index (χ4n) is 1.24. The minimum absolute atomic E-state index is 0.370. The summed E-state index contributed by atoms with van der Waals surface area (Å²) in [6.07, 6.45) is 0.926. The molecule has 0 fully saturated rings. The topological polar surface area (TPSA) is 59.9 Å². The van der Waals surface area contributed by atoms with Crippen LogP contribution in [0.15, 0.2) is 17.5 Å². The molecule has 0 saturated heterocycles. The summed E-state index contributed by atoms with van der Waals surface area (Å²) in [5.74, 6) is 1.17. The van der Waals surface area contributed by atoms with Crippen molar-refractivity contribution in [1.29, 1.82) is 0 Å². The zero-order valence-electron chi connectivity index (χ0n) is 9.80. The SMILES string of the molecule is CCCOc1nc(NC)nc(-c2cccs2)n1. The summed E-state index contributed by atoms with van der Waals surface area (Å²) >= 11 is 1.59. The summed E-state index contributed by atoms with van der Waals surface area (Å²) in [7, 11) is 1.77. The summed E-state index contributed by atoms with van der Waals surface area (Å²) in [5, 5.41) is 4.90. The normalized spacial score (nSPS) is 10.2. The third-order valence-corrected chi connectivity index (χ3v) is 2.88. The molecule has 0 bridgehead atoms. The van der Waals surface area contributed by atoms with Crippen LogP contribution in [0.5, 0.6) is 6.01 Å². The molecule has 2 heterocycles. The quantitative estimate of drug-likeness (QED) is 0.883. The van der Waals surface area contributed by atoms with E-state index in [-0.39, 0.29) is 0 Å². The second-order valence-electron chi connectivity index (χ2n) is 3.34. The smallest absolute Gasteiger partial charge is 0.321 e. The van der Waals surface area contributed by atoms with Crippen LogP contribution in [0.25, 0.3) is 10.7 Å². The Morgan fingerprint density at radius 3 is 2.88 bits per heavy atom. The van der Waals surface area contributed by atoms with Crippen molar-refractivity contribution in [2.45, 2.75) is 13.3 Å². The van der Waals surface area contributed by atoms with Crippen LogP contribution in [-0.2, 0) is 0 Å². The average molecular weight is 250 g/mol. The minimum Gasteiger partial charge on any atom is -0.463 e. The molecule has 0 unspecified atom stereocenters. The van der Waals surface area contributed by atoms with E-state index in [1.54, 1.807) is 18.4 Å². The van der Waals surface area contributed by atoms with Gasteiger partial charge in [0.1, 0.15) is 0 Å². The van der Waals surface area contributed by atoms with Crippen molar-refractivity contribution in [2.24, 2.45) is 0 Å². The molecule has 0 atom stereocenters. The molecule has 0 aliphatic carbocycles. The van der Waals surface area contributed by atoms with Crippen molar-refractivity contribution in [3.8, 4) is 16.7 Å². The summed E-state index contributed by atoms with van der Waals surface area (Å²) in [5.41, 5.74) is 0. The third-order valence-electron chi connectivity index (χ3n) is 2.02. The molecular formula is C11H14N4OS. The van der Waals surface area contributed by atoms with Crippen molar-refractivity contribution < 1.29 is 4.74 Å². The zero-order valence-corrected chi connectivity index (χ0v) is 10.6. The second kappa shape index (κ2) is 5.58. The molecule has 2 aromatic heterocycles. The number of nitrogens with one attached hydrogen (secondary N) is 1.